The van der Waals surface area contributed by atoms with Gasteiger partial charge in [-0.25, -0.2) is 4.79 Å². The molecule has 17 heavy (non-hydrogen) atoms. The Morgan fingerprint density at radius 3 is 2.82 bits per heavy atom. The molecule has 0 unspecified atom stereocenters. The number of aromatic carboxylic acids is 1. The van der Waals surface area contributed by atoms with Crippen molar-refractivity contribution in [3.05, 3.63) is 23.5 Å². The summed E-state index contributed by atoms with van der Waals surface area (Å²) in [6.07, 6.45) is 6.63. The summed E-state index contributed by atoms with van der Waals surface area (Å²) in [6, 6.07) is 2.15. The molecule has 1 heterocycles. The van der Waals surface area contributed by atoms with Crippen molar-refractivity contribution in [3.63, 3.8) is 0 Å². The summed E-state index contributed by atoms with van der Waals surface area (Å²) in [4.78, 5) is 13.9. The number of hydrogen-bond acceptors (Lipinski definition) is 2. The molecular formula is C13H20N2O2. The van der Waals surface area contributed by atoms with Gasteiger partial charge in [-0.15, -0.1) is 0 Å². The van der Waals surface area contributed by atoms with E-state index in [1.165, 1.54) is 25.7 Å². The Kier molecular flexibility index (Phi) is 3.84. The van der Waals surface area contributed by atoms with E-state index in [4.69, 9.17) is 5.11 Å². The van der Waals surface area contributed by atoms with Crippen molar-refractivity contribution < 1.29 is 9.90 Å². The molecule has 0 aromatic carbocycles. The van der Waals surface area contributed by atoms with Gasteiger partial charge in [0.15, 0.2) is 0 Å². The SMILES string of the molecule is CC1CCC(NCc2[nH]ccc2C(=O)O)CC1. The number of nitrogens with one attached hydrogen (secondary N) is 2. The van der Waals surface area contributed by atoms with Crippen molar-refractivity contribution in [1.29, 1.82) is 0 Å². The quantitative estimate of drug-likeness (QED) is 0.752. The fraction of sp³-hybridized carbons (Fsp3) is 0.615. The Balaban J connectivity index is 1.85. The van der Waals surface area contributed by atoms with Gasteiger partial charge in [-0.1, -0.05) is 6.92 Å². The van der Waals surface area contributed by atoms with Crippen LogP contribution in [0.5, 0.6) is 0 Å². The van der Waals surface area contributed by atoms with Crippen LogP contribution in [0.2, 0.25) is 0 Å². The summed E-state index contributed by atoms with van der Waals surface area (Å²) in [7, 11) is 0. The summed E-state index contributed by atoms with van der Waals surface area (Å²) in [5.41, 5.74) is 1.15. The van der Waals surface area contributed by atoms with Crippen LogP contribution >= 0.6 is 0 Å². The van der Waals surface area contributed by atoms with E-state index in [0.29, 0.717) is 18.2 Å². The molecule has 1 saturated carbocycles. The Morgan fingerprint density at radius 1 is 1.47 bits per heavy atom. The maximum absolute atomic E-state index is 10.9. The fourth-order valence-electron chi connectivity index (χ4n) is 2.46. The molecule has 94 valence electrons. The monoisotopic (exact) mass is 236 g/mol. The highest BCUT2D eigenvalue weighted by Crippen LogP contribution is 2.23. The highest BCUT2D eigenvalue weighted by atomic mass is 16.4. The van der Waals surface area contributed by atoms with Crippen LogP contribution in [-0.4, -0.2) is 22.1 Å². The molecular weight excluding hydrogens is 216 g/mol. The van der Waals surface area contributed by atoms with Gasteiger partial charge in [0.1, 0.15) is 0 Å². The highest BCUT2D eigenvalue weighted by molar-refractivity contribution is 5.88. The number of H-pyrrole nitrogens is 1. The summed E-state index contributed by atoms with van der Waals surface area (Å²) >= 11 is 0. The zero-order chi connectivity index (χ0) is 12.3. The van der Waals surface area contributed by atoms with E-state index < -0.39 is 5.97 Å². The van der Waals surface area contributed by atoms with E-state index in [2.05, 4.69) is 17.2 Å². The molecule has 2 rings (SSSR count). The lowest BCUT2D eigenvalue weighted by molar-refractivity contribution is 0.0695. The number of hydrogen-bond donors (Lipinski definition) is 3. The second-order valence-corrected chi connectivity index (χ2v) is 5.01. The molecule has 4 nitrogen and oxygen atoms in total. The van der Waals surface area contributed by atoms with Gasteiger partial charge in [-0.3, -0.25) is 0 Å². The van der Waals surface area contributed by atoms with Crippen molar-refractivity contribution in [1.82, 2.24) is 10.3 Å². The van der Waals surface area contributed by atoms with Crippen LogP contribution in [-0.2, 0) is 6.54 Å². The Labute approximate surface area is 101 Å². The van der Waals surface area contributed by atoms with Crippen LogP contribution in [0.1, 0.15) is 48.7 Å². The third kappa shape index (κ3) is 3.09. The van der Waals surface area contributed by atoms with E-state index in [9.17, 15) is 4.79 Å². The van der Waals surface area contributed by atoms with E-state index in [-0.39, 0.29) is 0 Å². The fourth-order valence-corrected chi connectivity index (χ4v) is 2.46. The standard InChI is InChI=1S/C13H20N2O2/c1-9-2-4-10(5-3-9)15-8-12-11(13(16)17)6-7-14-12/h6-7,9-10,14-15H,2-5,8H2,1H3,(H,16,17). The number of aromatic amines is 1. The van der Waals surface area contributed by atoms with Gasteiger partial charge in [0.2, 0.25) is 0 Å². The van der Waals surface area contributed by atoms with Gasteiger partial charge < -0.3 is 15.4 Å². The van der Waals surface area contributed by atoms with Crippen LogP contribution in [0.3, 0.4) is 0 Å². The normalized spacial score (nSPS) is 24.8. The van der Waals surface area contributed by atoms with Gasteiger partial charge in [-0.05, 0) is 37.7 Å². The van der Waals surface area contributed by atoms with Gasteiger partial charge in [0.25, 0.3) is 0 Å². The molecule has 0 bridgehead atoms. The molecule has 0 atom stereocenters. The van der Waals surface area contributed by atoms with Gasteiger partial charge in [0.05, 0.1) is 5.56 Å². The predicted molar refractivity (Wildman–Crippen MR) is 66.0 cm³/mol. The Morgan fingerprint density at radius 2 is 2.18 bits per heavy atom. The number of rotatable bonds is 4. The predicted octanol–water partition coefficient (Wildman–Crippen LogP) is 2.38. The lowest BCUT2D eigenvalue weighted by atomic mass is 9.87. The van der Waals surface area contributed by atoms with Gasteiger partial charge in [-0.2, -0.15) is 0 Å². The zero-order valence-electron chi connectivity index (χ0n) is 10.2. The van der Waals surface area contributed by atoms with Crippen LogP contribution < -0.4 is 5.32 Å². The first-order valence-corrected chi connectivity index (χ1v) is 6.29. The summed E-state index contributed by atoms with van der Waals surface area (Å²) in [5, 5.41) is 12.4. The molecule has 1 aliphatic rings. The first-order chi connectivity index (χ1) is 8.16. The van der Waals surface area contributed by atoms with Crippen LogP contribution in [0.4, 0.5) is 0 Å². The molecule has 1 fully saturated rings. The topological polar surface area (TPSA) is 65.1 Å². The molecule has 1 aliphatic carbocycles. The zero-order valence-corrected chi connectivity index (χ0v) is 10.2. The Bertz CT molecular complexity index is 379. The van der Waals surface area contributed by atoms with Gasteiger partial charge >= 0.3 is 5.97 Å². The van der Waals surface area contributed by atoms with Crippen LogP contribution in [0, 0.1) is 5.92 Å². The van der Waals surface area contributed by atoms with Crippen molar-refractivity contribution in [2.24, 2.45) is 5.92 Å². The molecule has 0 amide bonds. The maximum atomic E-state index is 10.9. The molecule has 0 spiro atoms. The van der Waals surface area contributed by atoms with Crippen molar-refractivity contribution in [2.75, 3.05) is 0 Å². The number of carboxylic acid groups (broad SMARTS) is 1. The van der Waals surface area contributed by atoms with Gasteiger partial charge in [0, 0.05) is 24.5 Å². The van der Waals surface area contributed by atoms with Crippen LogP contribution in [0.25, 0.3) is 0 Å². The lowest BCUT2D eigenvalue weighted by Crippen LogP contribution is -2.32. The molecule has 4 heteroatoms. The molecule has 1 aromatic rings. The summed E-state index contributed by atoms with van der Waals surface area (Å²) < 4.78 is 0. The summed E-state index contributed by atoms with van der Waals surface area (Å²) in [6.45, 7) is 2.91. The van der Waals surface area contributed by atoms with E-state index in [1.54, 1.807) is 12.3 Å². The minimum absolute atomic E-state index is 0.377. The molecule has 3 N–H and O–H groups in total. The van der Waals surface area contributed by atoms with E-state index in [1.807, 2.05) is 0 Å². The summed E-state index contributed by atoms with van der Waals surface area (Å²) in [5.74, 6) is -0.0200. The average molecular weight is 236 g/mol. The molecule has 0 aliphatic heterocycles. The molecule has 0 radical (unpaired) electrons. The van der Waals surface area contributed by atoms with E-state index in [0.717, 1.165) is 11.6 Å². The van der Waals surface area contributed by atoms with Crippen molar-refractivity contribution >= 4 is 5.97 Å². The largest absolute Gasteiger partial charge is 0.478 e. The lowest BCUT2D eigenvalue weighted by Gasteiger charge is -2.26. The minimum atomic E-state index is -0.861. The van der Waals surface area contributed by atoms with E-state index >= 15 is 0 Å². The first-order valence-electron chi connectivity index (χ1n) is 6.29. The smallest absolute Gasteiger partial charge is 0.337 e. The van der Waals surface area contributed by atoms with Crippen LogP contribution in [0.15, 0.2) is 12.3 Å². The molecule has 0 saturated heterocycles. The third-order valence-electron chi connectivity index (χ3n) is 3.65. The second kappa shape index (κ2) is 5.36. The minimum Gasteiger partial charge on any atom is -0.478 e. The number of carboxylic acids is 1. The van der Waals surface area contributed by atoms with Crippen molar-refractivity contribution in [2.45, 2.75) is 45.2 Å². The Hall–Kier alpha value is -1.29. The molecule has 1 aromatic heterocycles. The average Bonchev–Trinajstić information content (AvgIpc) is 2.76. The van der Waals surface area contributed by atoms with Crippen molar-refractivity contribution in [3.8, 4) is 0 Å². The second-order valence-electron chi connectivity index (χ2n) is 5.01. The maximum Gasteiger partial charge on any atom is 0.337 e. The highest BCUT2D eigenvalue weighted by Gasteiger charge is 2.18. The first kappa shape index (κ1) is 12.2. The third-order valence-corrected chi connectivity index (χ3v) is 3.65. The number of carbonyl (C=O) groups is 1. The number of aromatic nitrogens is 1.